The number of hydrogen-bond acceptors (Lipinski definition) is 4. The van der Waals surface area contributed by atoms with Crippen LogP contribution in [0.5, 0.6) is 5.75 Å². The number of hydrogen-bond donors (Lipinski definition) is 2. The summed E-state index contributed by atoms with van der Waals surface area (Å²) in [4.78, 5) is -0.188. The molecule has 1 aliphatic carbocycles. The van der Waals surface area contributed by atoms with Gasteiger partial charge in [-0.15, -0.1) is 0 Å². The molecule has 0 spiro atoms. The van der Waals surface area contributed by atoms with E-state index in [4.69, 9.17) is 10.5 Å². The summed E-state index contributed by atoms with van der Waals surface area (Å²) < 4.78 is 44.9. The highest BCUT2D eigenvalue weighted by atomic mass is 32.2. The topological polar surface area (TPSA) is 81.4 Å². The Morgan fingerprint density at radius 1 is 1.44 bits per heavy atom. The largest absolute Gasteiger partial charge is 0.492 e. The van der Waals surface area contributed by atoms with Crippen molar-refractivity contribution in [3.8, 4) is 5.75 Å². The molecule has 0 amide bonds. The molecule has 1 aromatic carbocycles. The molecule has 0 heterocycles. The van der Waals surface area contributed by atoms with E-state index in [1.54, 1.807) is 6.92 Å². The number of nitrogens with one attached hydrogen (secondary N) is 1. The highest BCUT2D eigenvalue weighted by Crippen LogP contribution is 2.36. The molecule has 0 aromatic heterocycles. The summed E-state index contributed by atoms with van der Waals surface area (Å²) in [5.74, 6) is -0.939. The van der Waals surface area contributed by atoms with Gasteiger partial charge in [0.15, 0.2) is 11.6 Å². The van der Waals surface area contributed by atoms with Crippen molar-refractivity contribution in [1.29, 1.82) is 0 Å². The van der Waals surface area contributed by atoms with Gasteiger partial charge < -0.3 is 10.5 Å². The normalized spacial score (nSPS) is 17.5. The molecule has 1 aliphatic rings. The van der Waals surface area contributed by atoms with E-state index < -0.39 is 21.4 Å². The molecule has 5 nitrogen and oxygen atoms in total. The third kappa shape index (κ3) is 2.41. The number of nitrogens with two attached hydrogens (primary N) is 1. The third-order valence-corrected chi connectivity index (χ3v) is 4.56. The van der Waals surface area contributed by atoms with Gasteiger partial charge in [0.25, 0.3) is 0 Å². The Morgan fingerprint density at radius 3 is 2.50 bits per heavy atom. The fourth-order valence-corrected chi connectivity index (χ4v) is 3.14. The standard InChI is InChI=1S/C11H15FN2O3S/c1-11(3-4-11)14-18(15,16)7-5-8(12)10(17-2)9(13)6-7/h5-6,14H,3-4,13H2,1-2H3. The van der Waals surface area contributed by atoms with Gasteiger partial charge in [0.1, 0.15) is 0 Å². The van der Waals surface area contributed by atoms with Crippen LogP contribution in [-0.4, -0.2) is 21.1 Å². The van der Waals surface area contributed by atoms with E-state index in [0.717, 1.165) is 18.9 Å². The number of anilines is 1. The Balaban J connectivity index is 2.39. The first-order valence-corrected chi connectivity index (χ1v) is 6.93. The predicted octanol–water partition coefficient (Wildman–Crippen LogP) is 1.25. The Kier molecular flexibility index (Phi) is 2.98. The molecule has 0 saturated heterocycles. The average molecular weight is 274 g/mol. The SMILES string of the molecule is COc1c(N)cc(S(=O)(=O)NC2(C)CC2)cc1F. The van der Waals surface area contributed by atoms with Crippen molar-refractivity contribution in [2.24, 2.45) is 0 Å². The zero-order valence-electron chi connectivity index (χ0n) is 10.2. The Morgan fingerprint density at radius 2 is 2.06 bits per heavy atom. The van der Waals surface area contributed by atoms with E-state index >= 15 is 0 Å². The van der Waals surface area contributed by atoms with E-state index in [9.17, 15) is 12.8 Å². The lowest BCUT2D eigenvalue weighted by molar-refractivity contribution is 0.388. The summed E-state index contributed by atoms with van der Waals surface area (Å²) in [6.07, 6.45) is 1.56. The van der Waals surface area contributed by atoms with E-state index in [2.05, 4.69) is 4.72 Å². The highest BCUT2D eigenvalue weighted by molar-refractivity contribution is 7.89. The van der Waals surface area contributed by atoms with Crippen LogP contribution in [0.4, 0.5) is 10.1 Å². The summed E-state index contributed by atoms with van der Waals surface area (Å²) >= 11 is 0. The maximum atomic E-state index is 13.6. The third-order valence-electron chi connectivity index (χ3n) is 2.94. The first-order chi connectivity index (χ1) is 8.27. The van der Waals surface area contributed by atoms with Crippen LogP contribution in [0.25, 0.3) is 0 Å². The van der Waals surface area contributed by atoms with Crippen LogP contribution in [0.1, 0.15) is 19.8 Å². The number of rotatable bonds is 4. The average Bonchev–Trinajstić information content (AvgIpc) is 2.94. The van der Waals surface area contributed by atoms with Crippen LogP contribution in [0.3, 0.4) is 0 Å². The van der Waals surface area contributed by atoms with Crippen LogP contribution < -0.4 is 15.2 Å². The second-order valence-electron chi connectivity index (χ2n) is 4.69. The summed E-state index contributed by atoms with van der Waals surface area (Å²) in [6.45, 7) is 1.80. The molecule has 0 bridgehead atoms. The van der Waals surface area contributed by atoms with E-state index in [-0.39, 0.29) is 16.3 Å². The second-order valence-corrected chi connectivity index (χ2v) is 6.38. The minimum Gasteiger partial charge on any atom is -0.492 e. The minimum absolute atomic E-state index is 0.0428. The molecule has 3 N–H and O–H groups in total. The van der Waals surface area contributed by atoms with Gasteiger partial charge in [0.2, 0.25) is 10.0 Å². The van der Waals surface area contributed by atoms with Gasteiger partial charge >= 0.3 is 0 Å². The van der Waals surface area contributed by atoms with Gasteiger partial charge in [-0.05, 0) is 31.9 Å². The van der Waals surface area contributed by atoms with Crippen molar-refractivity contribution >= 4 is 15.7 Å². The first-order valence-electron chi connectivity index (χ1n) is 5.44. The smallest absolute Gasteiger partial charge is 0.241 e. The zero-order valence-corrected chi connectivity index (χ0v) is 11.0. The van der Waals surface area contributed by atoms with Crippen molar-refractivity contribution in [1.82, 2.24) is 4.72 Å². The lowest BCUT2D eigenvalue weighted by atomic mass is 10.3. The van der Waals surface area contributed by atoms with Gasteiger partial charge in [-0.2, -0.15) is 0 Å². The number of nitrogen functional groups attached to an aromatic ring is 1. The zero-order chi connectivity index (χ0) is 13.6. The summed E-state index contributed by atoms with van der Waals surface area (Å²) in [6, 6.07) is 2.10. The summed E-state index contributed by atoms with van der Waals surface area (Å²) in [5, 5.41) is 0. The molecule has 0 radical (unpaired) electrons. The van der Waals surface area contributed by atoms with E-state index in [1.807, 2.05) is 0 Å². The molecule has 7 heteroatoms. The lowest BCUT2D eigenvalue weighted by Gasteiger charge is -2.14. The quantitative estimate of drug-likeness (QED) is 0.810. The number of halogens is 1. The fraction of sp³-hybridized carbons (Fsp3) is 0.455. The van der Waals surface area contributed by atoms with Crippen molar-refractivity contribution in [2.75, 3.05) is 12.8 Å². The molecule has 0 aliphatic heterocycles. The molecule has 1 saturated carbocycles. The van der Waals surface area contributed by atoms with Crippen LogP contribution in [0, 0.1) is 5.82 Å². The fourth-order valence-electron chi connectivity index (χ4n) is 1.63. The van der Waals surface area contributed by atoms with E-state index in [1.165, 1.54) is 13.2 Å². The maximum absolute atomic E-state index is 13.6. The van der Waals surface area contributed by atoms with Crippen LogP contribution >= 0.6 is 0 Å². The van der Waals surface area contributed by atoms with Crippen LogP contribution in [-0.2, 0) is 10.0 Å². The van der Waals surface area contributed by atoms with Gasteiger partial charge in [0.05, 0.1) is 17.7 Å². The number of methoxy groups -OCH3 is 1. The summed E-state index contributed by atoms with van der Waals surface area (Å²) in [5.41, 5.74) is 5.10. The van der Waals surface area contributed by atoms with Crippen molar-refractivity contribution in [3.63, 3.8) is 0 Å². The molecule has 18 heavy (non-hydrogen) atoms. The van der Waals surface area contributed by atoms with Gasteiger partial charge in [-0.1, -0.05) is 0 Å². The minimum atomic E-state index is -3.75. The molecule has 0 unspecified atom stereocenters. The van der Waals surface area contributed by atoms with Crippen LogP contribution in [0.2, 0.25) is 0 Å². The summed E-state index contributed by atoms with van der Waals surface area (Å²) in [7, 11) is -2.48. The first kappa shape index (κ1) is 13.1. The maximum Gasteiger partial charge on any atom is 0.241 e. The van der Waals surface area contributed by atoms with Gasteiger partial charge in [0, 0.05) is 5.54 Å². The van der Waals surface area contributed by atoms with Crippen molar-refractivity contribution < 1.29 is 17.5 Å². The highest BCUT2D eigenvalue weighted by Gasteiger charge is 2.41. The molecule has 0 atom stereocenters. The molecule has 1 fully saturated rings. The van der Waals surface area contributed by atoms with Crippen LogP contribution in [0.15, 0.2) is 17.0 Å². The van der Waals surface area contributed by atoms with Crippen molar-refractivity contribution in [3.05, 3.63) is 17.9 Å². The molecular formula is C11H15FN2O3S. The Bertz CT molecular complexity index is 559. The van der Waals surface area contributed by atoms with Gasteiger partial charge in [-0.3, -0.25) is 0 Å². The van der Waals surface area contributed by atoms with Gasteiger partial charge in [-0.25, -0.2) is 17.5 Å². The Hall–Kier alpha value is -1.34. The number of ether oxygens (including phenoxy) is 1. The number of sulfonamides is 1. The lowest BCUT2D eigenvalue weighted by Crippen LogP contribution is -2.34. The molecular weight excluding hydrogens is 259 g/mol. The number of benzene rings is 1. The molecule has 1 aromatic rings. The second kappa shape index (κ2) is 4.10. The molecule has 100 valence electrons. The Labute approximate surface area is 105 Å². The molecule has 2 rings (SSSR count). The van der Waals surface area contributed by atoms with E-state index in [0.29, 0.717) is 0 Å². The monoisotopic (exact) mass is 274 g/mol. The van der Waals surface area contributed by atoms with Crippen molar-refractivity contribution in [2.45, 2.75) is 30.2 Å². The predicted molar refractivity (Wildman–Crippen MR) is 65.3 cm³/mol.